The van der Waals surface area contributed by atoms with Gasteiger partial charge in [0, 0.05) is 36.6 Å². The molecule has 0 aromatic heterocycles. The molecule has 8 nitrogen and oxygen atoms in total. The highest BCUT2D eigenvalue weighted by atomic mass is 35.5. The predicted molar refractivity (Wildman–Crippen MR) is 138 cm³/mol. The summed E-state index contributed by atoms with van der Waals surface area (Å²) in [5, 5.41) is 18.8. The monoisotopic (exact) mass is 508 g/mol. The maximum atomic E-state index is 13.3. The normalized spacial score (nSPS) is 24.6. The topological polar surface area (TPSA) is 103 Å². The Morgan fingerprint density at radius 1 is 1.29 bits per heavy atom. The van der Waals surface area contributed by atoms with Crippen LogP contribution in [-0.2, 0) is 4.74 Å². The Bertz CT molecular complexity index is 839. The lowest BCUT2D eigenvalue weighted by molar-refractivity contribution is -0.0175. The van der Waals surface area contributed by atoms with Gasteiger partial charge in [-0.2, -0.15) is 0 Å². The average molecular weight is 509 g/mol. The number of carboxylic acid groups (broad SMARTS) is 1. The molecule has 35 heavy (non-hydrogen) atoms. The van der Waals surface area contributed by atoms with E-state index in [0.29, 0.717) is 23.4 Å². The van der Waals surface area contributed by atoms with Gasteiger partial charge in [-0.05, 0) is 68.7 Å². The van der Waals surface area contributed by atoms with Crippen molar-refractivity contribution in [3.63, 3.8) is 0 Å². The van der Waals surface area contributed by atoms with E-state index in [1.807, 2.05) is 29.2 Å². The van der Waals surface area contributed by atoms with Crippen LogP contribution in [0.25, 0.3) is 0 Å². The van der Waals surface area contributed by atoms with E-state index in [2.05, 4.69) is 29.8 Å². The van der Waals surface area contributed by atoms with Crippen molar-refractivity contribution in [2.75, 3.05) is 32.8 Å². The van der Waals surface area contributed by atoms with Gasteiger partial charge in [-0.25, -0.2) is 9.59 Å². The van der Waals surface area contributed by atoms with E-state index in [-0.39, 0.29) is 36.7 Å². The molecule has 0 spiro atoms. The lowest BCUT2D eigenvalue weighted by atomic mass is 9.85. The third-order valence-corrected chi connectivity index (χ3v) is 7.19. The molecular weight excluding hydrogens is 468 g/mol. The van der Waals surface area contributed by atoms with Crippen LogP contribution in [-0.4, -0.2) is 67.0 Å². The first-order chi connectivity index (χ1) is 16.7. The second-order valence-electron chi connectivity index (χ2n) is 10.4. The van der Waals surface area contributed by atoms with Crippen LogP contribution in [0.2, 0.25) is 5.02 Å². The van der Waals surface area contributed by atoms with E-state index >= 15 is 0 Å². The number of amides is 3. The number of nitrogens with one attached hydrogen (secondary N) is 3. The van der Waals surface area contributed by atoms with E-state index in [0.717, 1.165) is 50.9 Å². The zero-order valence-electron chi connectivity index (χ0n) is 21.1. The number of halogens is 1. The molecule has 2 saturated heterocycles. The molecule has 2 aliphatic rings. The molecule has 0 aliphatic carbocycles. The Morgan fingerprint density at radius 3 is 2.80 bits per heavy atom. The van der Waals surface area contributed by atoms with Crippen molar-refractivity contribution >= 4 is 23.7 Å². The van der Waals surface area contributed by atoms with Crippen LogP contribution in [0.1, 0.15) is 58.1 Å². The molecule has 3 rings (SSSR count). The van der Waals surface area contributed by atoms with Gasteiger partial charge in [0.05, 0.1) is 18.8 Å². The highest BCUT2D eigenvalue weighted by molar-refractivity contribution is 6.30. The highest BCUT2D eigenvalue weighted by Gasteiger charge is 2.34. The molecule has 2 fully saturated rings. The van der Waals surface area contributed by atoms with E-state index in [4.69, 9.17) is 21.4 Å². The molecule has 196 valence electrons. The molecule has 2 heterocycles. The van der Waals surface area contributed by atoms with Gasteiger partial charge in [0.1, 0.15) is 0 Å². The van der Waals surface area contributed by atoms with Crippen molar-refractivity contribution in [2.45, 2.75) is 64.6 Å². The van der Waals surface area contributed by atoms with Gasteiger partial charge in [-0.15, -0.1) is 0 Å². The maximum absolute atomic E-state index is 13.3. The van der Waals surface area contributed by atoms with E-state index < -0.39 is 6.09 Å². The standard InChI is InChI=1S/C26H41ClN4O4/c1-17(2)12-19-9-10-28-14-23(19)30-25(32)31-11-5-7-21(15-31)24(20-6-4-8-22(27)13-20)35-16-18(3)29-26(33)34/h4,6,8,13,17-19,21,23-24,28-29H,5,7,9-12,14-16H2,1-3H3,(H,30,32)(H,33,34)/t18?,19-,21?,23+,24-/m0/s1. The molecule has 1 aromatic carbocycles. The molecule has 5 atom stereocenters. The van der Waals surface area contributed by atoms with Crippen molar-refractivity contribution in [3.05, 3.63) is 34.9 Å². The number of carbonyl (C=O) groups excluding carboxylic acids is 1. The molecule has 3 amide bonds. The third-order valence-electron chi connectivity index (χ3n) is 6.95. The SMILES string of the molecule is CC(C)C[C@@H]1CCNC[C@H]1NC(=O)N1CCCC([C@@H](OCC(C)NC(=O)O)c2cccc(Cl)c2)C1. The van der Waals surface area contributed by atoms with Crippen LogP contribution < -0.4 is 16.0 Å². The summed E-state index contributed by atoms with van der Waals surface area (Å²) in [4.78, 5) is 26.2. The number of urea groups is 1. The zero-order valence-corrected chi connectivity index (χ0v) is 21.9. The first-order valence-electron chi connectivity index (χ1n) is 12.9. The lowest BCUT2D eigenvalue weighted by Gasteiger charge is -2.39. The first-order valence-corrected chi connectivity index (χ1v) is 13.2. The van der Waals surface area contributed by atoms with Gasteiger partial charge in [0.2, 0.25) is 0 Å². The summed E-state index contributed by atoms with van der Waals surface area (Å²) in [6.45, 7) is 9.59. The van der Waals surface area contributed by atoms with Gasteiger partial charge in [0.25, 0.3) is 0 Å². The molecule has 1 aromatic rings. The van der Waals surface area contributed by atoms with Crippen molar-refractivity contribution in [1.82, 2.24) is 20.9 Å². The second kappa shape index (κ2) is 13.3. The van der Waals surface area contributed by atoms with Crippen LogP contribution in [0.3, 0.4) is 0 Å². The predicted octanol–water partition coefficient (Wildman–Crippen LogP) is 4.50. The fraction of sp³-hybridized carbons (Fsp3) is 0.692. The quantitative estimate of drug-likeness (QED) is 0.393. The van der Waals surface area contributed by atoms with Crippen LogP contribution in [0.15, 0.2) is 24.3 Å². The summed E-state index contributed by atoms with van der Waals surface area (Å²) in [6.07, 6.45) is 2.64. The number of nitrogens with zero attached hydrogens (tertiary/aromatic N) is 1. The molecule has 2 unspecified atom stereocenters. The minimum absolute atomic E-state index is 0.0112. The number of carbonyl (C=O) groups is 2. The molecule has 0 saturated carbocycles. The van der Waals surface area contributed by atoms with Crippen LogP contribution >= 0.6 is 11.6 Å². The van der Waals surface area contributed by atoms with Crippen molar-refractivity contribution < 1.29 is 19.4 Å². The summed E-state index contributed by atoms with van der Waals surface area (Å²) in [6, 6.07) is 7.37. The number of rotatable bonds is 9. The van der Waals surface area contributed by atoms with Gasteiger partial charge < -0.3 is 30.7 Å². The summed E-state index contributed by atoms with van der Waals surface area (Å²) in [7, 11) is 0. The van der Waals surface area contributed by atoms with Crippen molar-refractivity contribution in [3.8, 4) is 0 Å². The van der Waals surface area contributed by atoms with Gasteiger partial charge in [-0.1, -0.05) is 37.6 Å². The van der Waals surface area contributed by atoms with Crippen LogP contribution in [0.5, 0.6) is 0 Å². The van der Waals surface area contributed by atoms with Crippen LogP contribution in [0.4, 0.5) is 9.59 Å². The first kappa shape index (κ1) is 27.6. The number of likely N-dealkylation sites (tertiary alicyclic amines) is 1. The lowest BCUT2D eigenvalue weighted by Crippen LogP contribution is -2.56. The largest absolute Gasteiger partial charge is 0.465 e. The Morgan fingerprint density at radius 2 is 2.09 bits per heavy atom. The maximum Gasteiger partial charge on any atom is 0.404 e. The smallest absolute Gasteiger partial charge is 0.404 e. The Hall–Kier alpha value is -2.03. The van der Waals surface area contributed by atoms with E-state index in [1.54, 1.807) is 6.92 Å². The van der Waals surface area contributed by atoms with E-state index in [1.165, 1.54) is 0 Å². The Kier molecular flexibility index (Phi) is 10.5. The van der Waals surface area contributed by atoms with Crippen LogP contribution in [0, 0.1) is 17.8 Å². The fourth-order valence-electron chi connectivity index (χ4n) is 5.35. The minimum Gasteiger partial charge on any atom is -0.465 e. The number of hydrogen-bond donors (Lipinski definition) is 4. The van der Waals surface area contributed by atoms with E-state index in [9.17, 15) is 9.59 Å². The molecule has 9 heteroatoms. The van der Waals surface area contributed by atoms with Gasteiger partial charge >= 0.3 is 12.1 Å². The Labute approximate surface area is 214 Å². The third kappa shape index (κ3) is 8.54. The number of piperidine rings is 2. The summed E-state index contributed by atoms with van der Waals surface area (Å²) in [5.41, 5.74) is 0.945. The zero-order chi connectivity index (χ0) is 25.4. The summed E-state index contributed by atoms with van der Waals surface area (Å²) >= 11 is 6.27. The number of benzene rings is 1. The van der Waals surface area contributed by atoms with Crippen molar-refractivity contribution in [2.24, 2.45) is 17.8 Å². The molecule has 4 N–H and O–H groups in total. The Balaban J connectivity index is 1.67. The van der Waals surface area contributed by atoms with Gasteiger partial charge in [-0.3, -0.25) is 0 Å². The van der Waals surface area contributed by atoms with Crippen molar-refractivity contribution in [1.29, 1.82) is 0 Å². The molecular formula is C26H41ClN4O4. The highest BCUT2D eigenvalue weighted by Crippen LogP contribution is 2.34. The van der Waals surface area contributed by atoms with Gasteiger partial charge in [0.15, 0.2) is 0 Å². The number of ether oxygens (including phenoxy) is 1. The summed E-state index contributed by atoms with van der Waals surface area (Å²) in [5.74, 6) is 1.18. The number of hydrogen-bond acceptors (Lipinski definition) is 4. The molecule has 0 bridgehead atoms. The molecule has 0 radical (unpaired) electrons. The second-order valence-corrected chi connectivity index (χ2v) is 10.9. The fourth-order valence-corrected chi connectivity index (χ4v) is 5.55. The minimum atomic E-state index is -1.08. The molecule has 2 aliphatic heterocycles. The summed E-state index contributed by atoms with van der Waals surface area (Å²) < 4.78 is 6.27. The average Bonchev–Trinajstić information content (AvgIpc) is 2.80.